The number of anilines is 2. The molecule has 2 aromatic rings. The lowest BCUT2D eigenvalue weighted by molar-refractivity contribution is 0.620. The second-order valence-corrected chi connectivity index (χ2v) is 7.00. The van der Waals surface area contributed by atoms with Gasteiger partial charge in [-0.2, -0.15) is 5.26 Å². The van der Waals surface area contributed by atoms with E-state index in [1.165, 1.54) is 5.69 Å². The van der Waals surface area contributed by atoms with Crippen LogP contribution in [-0.2, 0) is 19.3 Å². The third-order valence-electron chi connectivity index (χ3n) is 5.34. The highest BCUT2D eigenvalue weighted by Gasteiger charge is 2.22. The normalized spacial score (nSPS) is 16.9. The van der Waals surface area contributed by atoms with E-state index < -0.39 is 0 Å². The number of aromatic amines is 1. The highest BCUT2D eigenvalue weighted by Crippen LogP contribution is 2.21. The van der Waals surface area contributed by atoms with Crippen molar-refractivity contribution in [3.05, 3.63) is 51.4 Å². The minimum absolute atomic E-state index is 0.0419. The summed E-state index contributed by atoms with van der Waals surface area (Å²) in [5.74, 6) is 0.722. The number of nitrogens with zero attached hydrogens (tertiary/aromatic N) is 4. The first-order chi connectivity index (χ1) is 12.7. The molecule has 1 aliphatic carbocycles. The third kappa shape index (κ3) is 3.30. The lowest BCUT2D eigenvalue weighted by Gasteiger charge is -2.36. The second-order valence-electron chi connectivity index (χ2n) is 7.00. The minimum atomic E-state index is 0.0419. The lowest BCUT2D eigenvalue weighted by Crippen LogP contribution is -2.47. The third-order valence-corrected chi connectivity index (χ3v) is 5.34. The van der Waals surface area contributed by atoms with Crippen molar-refractivity contribution in [2.24, 2.45) is 0 Å². The molecule has 0 atom stereocenters. The molecule has 0 bridgehead atoms. The van der Waals surface area contributed by atoms with E-state index in [2.05, 4.69) is 33.0 Å². The van der Waals surface area contributed by atoms with Crippen LogP contribution in [0.15, 0.2) is 29.1 Å². The average Bonchev–Trinajstić information content (AvgIpc) is 2.69. The van der Waals surface area contributed by atoms with Crippen molar-refractivity contribution in [2.75, 3.05) is 36.0 Å². The van der Waals surface area contributed by atoms with Crippen molar-refractivity contribution in [3.63, 3.8) is 0 Å². The fourth-order valence-corrected chi connectivity index (χ4v) is 3.83. The van der Waals surface area contributed by atoms with Gasteiger partial charge >= 0.3 is 0 Å². The maximum absolute atomic E-state index is 12.3. The summed E-state index contributed by atoms with van der Waals surface area (Å²) in [6, 6.07) is 10.4. The molecule has 1 aromatic carbocycles. The summed E-state index contributed by atoms with van der Waals surface area (Å²) in [6.07, 6.45) is 4.43. The molecular formula is C20H23N5O. The van der Waals surface area contributed by atoms with Gasteiger partial charge in [0, 0.05) is 37.4 Å². The lowest BCUT2D eigenvalue weighted by atomic mass is 9.97. The number of aromatic nitrogens is 2. The Kier molecular flexibility index (Phi) is 4.61. The molecule has 1 fully saturated rings. The Balaban J connectivity index is 1.44. The number of nitriles is 1. The van der Waals surface area contributed by atoms with Crippen molar-refractivity contribution >= 4 is 11.6 Å². The van der Waals surface area contributed by atoms with Crippen LogP contribution in [0.1, 0.15) is 29.7 Å². The van der Waals surface area contributed by atoms with Crippen molar-refractivity contribution in [1.29, 1.82) is 5.26 Å². The van der Waals surface area contributed by atoms with Crippen LogP contribution in [0.25, 0.3) is 0 Å². The standard InChI is InChI=1S/C20H23N5O/c21-10-9-15-5-7-16(8-6-15)24-11-13-25(14-12-24)20-22-18-4-2-1-3-17(18)19(26)23-20/h5-8H,1-4,9,11-14H2,(H,22,23,26). The van der Waals surface area contributed by atoms with Gasteiger partial charge in [0.05, 0.1) is 18.2 Å². The van der Waals surface area contributed by atoms with E-state index in [9.17, 15) is 4.79 Å². The molecule has 0 amide bonds. The Labute approximate surface area is 153 Å². The smallest absolute Gasteiger partial charge is 0.255 e. The number of fused-ring (bicyclic) bond motifs is 1. The van der Waals surface area contributed by atoms with Crippen LogP contribution in [0.4, 0.5) is 11.6 Å². The summed E-state index contributed by atoms with van der Waals surface area (Å²) >= 11 is 0. The SMILES string of the molecule is N#CCc1ccc(N2CCN(c3nc4c(c(=O)[nH]3)CCCC4)CC2)cc1. The van der Waals surface area contributed by atoms with Gasteiger partial charge in [-0.3, -0.25) is 9.78 Å². The van der Waals surface area contributed by atoms with Gasteiger partial charge in [0.1, 0.15) is 0 Å². The van der Waals surface area contributed by atoms with Crippen LogP contribution in [0, 0.1) is 11.3 Å². The van der Waals surface area contributed by atoms with Gasteiger partial charge in [0.15, 0.2) is 0 Å². The zero-order valence-corrected chi connectivity index (χ0v) is 14.9. The number of aryl methyl sites for hydroxylation is 1. The molecule has 2 aliphatic rings. The Bertz CT molecular complexity index is 873. The van der Waals surface area contributed by atoms with E-state index in [0.29, 0.717) is 6.42 Å². The number of piperazine rings is 1. The summed E-state index contributed by atoms with van der Waals surface area (Å²) in [4.78, 5) is 24.6. The first-order valence-corrected chi connectivity index (χ1v) is 9.32. The van der Waals surface area contributed by atoms with Gasteiger partial charge in [-0.25, -0.2) is 4.98 Å². The van der Waals surface area contributed by atoms with Crippen LogP contribution in [0.5, 0.6) is 0 Å². The van der Waals surface area contributed by atoms with Crippen LogP contribution in [-0.4, -0.2) is 36.1 Å². The molecule has 1 aromatic heterocycles. The molecule has 1 N–H and O–H groups in total. The van der Waals surface area contributed by atoms with Gasteiger partial charge in [-0.15, -0.1) is 0 Å². The van der Waals surface area contributed by atoms with Gasteiger partial charge < -0.3 is 9.80 Å². The Morgan fingerprint density at radius 3 is 2.46 bits per heavy atom. The number of rotatable bonds is 3. The zero-order valence-electron chi connectivity index (χ0n) is 14.9. The molecule has 134 valence electrons. The van der Waals surface area contributed by atoms with Gasteiger partial charge in [-0.05, 0) is 43.4 Å². The predicted octanol–water partition coefficient (Wildman–Crippen LogP) is 2.04. The average molecular weight is 349 g/mol. The molecule has 0 saturated carbocycles. The summed E-state index contributed by atoms with van der Waals surface area (Å²) in [6.45, 7) is 3.44. The zero-order chi connectivity index (χ0) is 17.9. The summed E-state index contributed by atoms with van der Waals surface area (Å²) < 4.78 is 0. The molecule has 0 spiro atoms. The monoisotopic (exact) mass is 349 g/mol. The van der Waals surface area contributed by atoms with Crippen LogP contribution >= 0.6 is 0 Å². The topological polar surface area (TPSA) is 76.0 Å². The van der Waals surface area contributed by atoms with Gasteiger partial charge in [0.2, 0.25) is 5.95 Å². The largest absolute Gasteiger partial charge is 0.368 e. The molecule has 0 radical (unpaired) electrons. The molecule has 6 heteroatoms. The fourth-order valence-electron chi connectivity index (χ4n) is 3.83. The Morgan fingerprint density at radius 2 is 1.73 bits per heavy atom. The van der Waals surface area contributed by atoms with E-state index in [1.807, 2.05) is 12.1 Å². The molecule has 4 rings (SSSR count). The number of nitrogens with one attached hydrogen (secondary N) is 1. The van der Waals surface area contributed by atoms with Crippen LogP contribution in [0.2, 0.25) is 0 Å². The molecule has 1 aliphatic heterocycles. The minimum Gasteiger partial charge on any atom is -0.368 e. The number of hydrogen-bond donors (Lipinski definition) is 1. The first-order valence-electron chi connectivity index (χ1n) is 9.32. The van der Waals surface area contributed by atoms with E-state index in [1.54, 1.807) is 0 Å². The van der Waals surface area contributed by atoms with Crippen molar-refractivity contribution in [3.8, 4) is 6.07 Å². The van der Waals surface area contributed by atoms with E-state index >= 15 is 0 Å². The molecule has 0 unspecified atom stereocenters. The summed E-state index contributed by atoms with van der Waals surface area (Å²) in [5, 5.41) is 8.77. The molecule has 1 saturated heterocycles. The highest BCUT2D eigenvalue weighted by atomic mass is 16.1. The number of hydrogen-bond acceptors (Lipinski definition) is 5. The van der Waals surface area contributed by atoms with Crippen molar-refractivity contribution in [1.82, 2.24) is 9.97 Å². The van der Waals surface area contributed by atoms with Gasteiger partial charge in [-0.1, -0.05) is 12.1 Å². The summed E-state index contributed by atoms with van der Waals surface area (Å²) in [5.41, 5.74) is 4.14. The molecule has 6 nitrogen and oxygen atoms in total. The number of benzene rings is 1. The van der Waals surface area contributed by atoms with Crippen LogP contribution in [0.3, 0.4) is 0 Å². The van der Waals surface area contributed by atoms with Crippen molar-refractivity contribution in [2.45, 2.75) is 32.1 Å². The van der Waals surface area contributed by atoms with E-state index in [-0.39, 0.29) is 5.56 Å². The molecular weight excluding hydrogens is 326 g/mol. The van der Waals surface area contributed by atoms with E-state index in [0.717, 1.165) is 74.6 Å². The number of H-pyrrole nitrogens is 1. The van der Waals surface area contributed by atoms with Crippen molar-refractivity contribution < 1.29 is 0 Å². The molecule has 26 heavy (non-hydrogen) atoms. The maximum atomic E-state index is 12.3. The maximum Gasteiger partial charge on any atom is 0.255 e. The first kappa shape index (κ1) is 16.6. The molecule has 2 heterocycles. The summed E-state index contributed by atoms with van der Waals surface area (Å²) in [7, 11) is 0. The Hall–Kier alpha value is -2.81. The fraction of sp³-hybridized carbons (Fsp3) is 0.450. The Morgan fingerprint density at radius 1 is 1.04 bits per heavy atom. The predicted molar refractivity (Wildman–Crippen MR) is 102 cm³/mol. The van der Waals surface area contributed by atoms with Gasteiger partial charge in [0.25, 0.3) is 5.56 Å². The van der Waals surface area contributed by atoms with E-state index in [4.69, 9.17) is 10.2 Å². The highest BCUT2D eigenvalue weighted by molar-refractivity contribution is 5.50. The second kappa shape index (κ2) is 7.20. The quantitative estimate of drug-likeness (QED) is 0.918. The van der Waals surface area contributed by atoms with Crippen LogP contribution < -0.4 is 15.4 Å².